The van der Waals surface area contributed by atoms with E-state index < -0.39 is 16.1 Å². The van der Waals surface area contributed by atoms with Crippen LogP contribution in [0.1, 0.15) is 12.0 Å². The second-order valence-electron chi connectivity index (χ2n) is 6.60. The van der Waals surface area contributed by atoms with Gasteiger partial charge in [-0.15, -0.1) is 6.58 Å². The fourth-order valence-corrected chi connectivity index (χ4v) is 4.03. The van der Waals surface area contributed by atoms with Gasteiger partial charge in [-0.2, -0.15) is 0 Å². The number of nitrogens with one attached hydrogen (secondary N) is 1. The second kappa shape index (κ2) is 9.36. The molecule has 30 heavy (non-hydrogen) atoms. The molecule has 1 aliphatic rings. The molecule has 0 spiro atoms. The number of thioether (sulfide) groups is 1. The number of hydrogen-bond acceptors (Lipinski definition) is 6. The van der Waals surface area contributed by atoms with Crippen molar-refractivity contribution in [3.8, 4) is 0 Å². The van der Waals surface area contributed by atoms with Crippen molar-refractivity contribution in [3.63, 3.8) is 0 Å². The topological polar surface area (TPSA) is 105 Å². The van der Waals surface area contributed by atoms with Crippen LogP contribution in [0.3, 0.4) is 0 Å². The van der Waals surface area contributed by atoms with Crippen molar-refractivity contribution in [2.24, 2.45) is 4.99 Å². The van der Waals surface area contributed by atoms with Gasteiger partial charge in [0.1, 0.15) is 10.9 Å². The first-order chi connectivity index (χ1) is 14.4. The lowest BCUT2D eigenvalue weighted by Crippen LogP contribution is -2.33. The van der Waals surface area contributed by atoms with E-state index in [2.05, 4.69) is 16.9 Å². The summed E-state index contributed by atoms with van der Waals surface area (Å²) in [5.41, 5.74) is 1.70. The number of rotatable bonds is 7. The first kappa shape index (κ1) is 21.3. The number of hydrogen-bond donors (Lipinski definition) is 1. The monoisotopic (exact) mass is 424 g/mol. The minimum Gasteiger partial charge on any atom is -0.320 e. The molecule has 1 fully saturated rings. The molecular formula is C21H20N4O4S. The van der Waals surface area contributed by atoms with Gasteiger partial charge in [0.05, 0.1) is 10.6 Å². The van der Waals surface area contributed by atoms with Gasteiger partial charge in [-0.3, -0.25) is 24.6 Å². The molecule has 0 radical (unpaired) electrons. The molecule has 1 saturated heterocycles. The fourth-order valence-electron chi connectivity index (χ4n) is 2.86. The summed E-state index contributed by atoms with van der Waals surface area (Å²) in [7, 11) is 0. The van der Waals surface area contributed by atoms with E-state index >= 15 is 0 Å². The molecule has 0 aromatic heterocycles. The summed E-state index contributed by atoms with van der Waals surface area (Å²) in [6.45, 7) is 5.93. The van der Waals surface area contributed by atoms with Crippen LogP contribution in [0.4, 0.5) is 17.1 Å². The molecular weight excluding hydrogens is 404 g/mol. The Labute approximate surface area is 177 Å². The van der Waals surface area contributed by atoms with Crippen LogP contribution in [-0.4, -0.2) is 38.6 Å². The second-order valence-corrected chi connectivity index (χ2v) is 7.77. The predicted molar refractivity (Wildman–Crippen MR) is 118 cm³/mol. The first-order valence-electron chi connectivity index (χ1n) is 9.16. The molecule has 2 aromatic carbocycles. The van der Waals surface area contributed by atoms with E-state index in [4.69, 9.17) is 0 Å². The normalized spacial score (nSPS) is 17.2. The van der Waals surface area contributed by atoms with Gasteiger partial charge in [-0.05, 0) is 25.1 Å². The first-order valence-corrected chi connectivity index (χ1v) is 10.0. The van der Waals surface area contributed by atoms with Crippen molar-refractivity contribution in [1.29, 1.82) is 0 Å². The molecule has 1 N–H and O–H groups in total. The molecule has 3 rings (SSSR count). The Kier molecular flexibility index (Phi) is 6.63. The summed E-state index contributed by atoms with van der Waals surface area (Å²) < 4.78 is 0. The smallest absolute Gasteiger partial charge is 0.292 e. The summed E-state index contributed by atoms with van der Waals surface area (Å²) in [6.07, 6.45) is 1.47. The number of aryl methyl sites for hydroxylation is 1. The molecule has 1 heterocycles. The lowest BCUT2D eigenvalue weighted by Gasteiger charge is -2.13. The number of aliphatic imine (C=N–C) groups is 1. The quantitative estimate of drug-likeness (QED) is 0.410. The van der Waals surface area contributed by atoms with Crippen LogP contribution in [0.25, 0.3) is 0 Å². The van der Waals surface area contributed by atoms with Crippen LogP contribution < -0.4 is 5.32 Å². The van der Waals surface area contributed by atoms with Crippen LogP contribution >= 0.6 is 11.8 Å². The van der Waals surface area contributed by atoms with Crippen molar-refractivity contribution < 1.29 is 14.5 Å². The molecule has 1 unspecified atom stereocenters. The van der Waals surface area contributed by atoms with Gasteiger partial charge in [-0.25, -0.2) is 4.99 Å². The highest BCUT2D eigenvalue weighted by atomic mass is 32.2. The number of nitro groups is 1. The Bertz CT molecular complexity index is 1020. The lowest BCUT2D eigenvalue weighted by atomic mass is 10.2. The number of anilines is 1. The Morgan fingerprint density at radius 3 is 2.67 bits per heavy atom. The van der Waals surface area contributed by atoms with Gasteiger partial charge in [0.25, 0.3) is 5.69 Å². The standard InChI is InChI=1S/C21H20N4O4S/c1-3-12-24-20(27)18(30-21(24)22-15-10-8-14(2)9-11-15)13-19(26)23-16-6-4-5-7-17(16)25(28)29/h3-11,18H,1,12-13H2,2H3,(H,23,26). The Morgan fingerprint density at radius 2 is 2.00 bits per heavy atom. The minimum absolute atomic E-state index is 0.0967. The number of benzene rings is 2. The van der Waals surface area contributed by atoms with Gasteiger partial charge in [0, 0.05) is 19.0 Å². The zero-order valence-corrected chi connectivity index (χ0v) is 17.1. The van der Waals surface area contributed by atoms with Crippen LogP contribution in [0.2, 0.25) is 0 Å². The van der Waals surface area contributed by atoms with Crippen molar-refractivity contribution in [1.82, 2.24) is 4.90 Å². The Hall–Kier alpha value is -3.46. The molecule has 0 aliphatic carbocycles. The summed E-state index contributed by atoms with van der Waals surface area (Å²) in [5.74, 6) is -0.728. The van der Waals surface area contributed by atoms with E-state index in [1.165, 1.54) is 34.9 Å². The summed E-state index contributed by atoms with van der Waals surface area (Å²) in [4.78, 5) is 41.9. The molecule has 9 heteroatoms. The van der Waals surface area contributed by atoms with Gasteiger partial charge in [0.2, 0.25) is 11.8 Å². The highest BCUT2D eigenvalue weighted by Gasteiger charge is 2.38. The maximum Gasteiger partial charge on any atom is 0.292 e. The van der Waals surface area contributed by atoms with Gasteiger partial charge in [-0.1, -0.05) is 47.7 Å². The van der Waals surface area contributed by atoms with Crippen molar-refractivity contribution in [3.05, 3.63) is 76.9 Å². The van der Waals surface area contributed by atoms with Gasteiger partial charge < -0.3 is 5.32 Å². The molecule has 2 amide bonds. The third-order valence-corrected chi connectivity index (χ3v) is 5.51. The minimum atomic E-state index is -0.670. The van der Waals surface area contributed by atoms with E-state index in [0.717, 1.165) is 5.56 Å². The molecule has 0 bridgehead atoms. The fraction of sp³-hybridized carbons (Fsp3) is 0.190. The number of amides is 2. The number of carbonyl (C=O) groups excluding carboxylic acids is 2. The number of para-hydroxylation sites is 2. The van der Waals surface area contributed by atoms with Crippen LogP contribution in [-0.2, 0) is 9.59 Å². The maximum absolute atomic E-state index is 12.8. The highest BCUT2D eigenvalue weighted by Crippen LogP contribution is 2.32. The Balaban J connectivity index is 1.75. The van der Waals surface area contributed by atoms with E-state index in [1.807, 2.05) is 31.2 Å². The molecule has 8 nitrogen and oxygen atoms in total. The zero-order valence-electron chi connectivity index (χ0n) is 16.3. The molecule has 154 valence electrons. The predicted octanol–water partition coefficient (Wildman–Crippen LogP) is 4.05. The molecule has 1 aliphatic heterocycles. The molecule has 1 atom stereocenters. The number of nitro benzene ring substituents is 1. The zero-order chi connectivity index (χ0) is 21.7. The Morgan fingerprint density at radius 1 is 1.30 bits per heavy atom. The summed E-state index contributed by atoms with van der Waals surface area (Å²) in [5, 5.41) is 13.5. The van der Waals surface area contributed by atoms with Crippen molar-refractivity contribution >= 4 is 45.8 Å². The van der Waals surface area contributed by atoms with Crippen LogP contribution in [0, 0.1) is 17.0 Å². The SMILES string of the molecule is C=CCN1C(=O)C(CC(=O)Nc2ccccc2[N+](=O)[O-])SC1=Nc1ccc(C)cc1. The molecule has 0 saturated carbocycles. The van der Waals surface area contributed by atoms with Crippen LogP contribution in [0.15, 0.2) is 66.2 Å². The molecule has 2 aromatic rings. The average molecular weight is 424 g/mol. The average Bonchev–Trinajstić information content (AvgIpc) is 2.99. The lowest BCUT2D eigenvalue weighted by molar-refractivity contribution is -0.383. The largest absolute Gasteiger partial charge is 0.320 e. The van der Waals surface area contributed by atoms with Crippen LogP contribution in [0.5, 0.6) is 0 Å². The third-order valence-electron chi connectivity index (χ3n) is 4.34. The maximum atomic E-state index is 12.8. The van der Waals surface area contributed by atoms with E-state index in [1.54, 1.807) is 12.1 Å². The third kappa shape index (κ3) is 4.93. The van der Waals surface area contributed by atoms with Gasteiger partial charge in [0.15, 0.2) is 5.17 Å². The van der Waals surface area contributed by atoms with E-state index in [-0.39, 0.29) is 30.2 Å². The van der Waals surface area contributed by atoms with E-state index in [9.17, 15) is 19.7 Å². The summed E-state index contributed by atoms with van der Waals surface area (Å²) >= 11 is 1.20. The van der Waals surface area contributed by atoms with E-state index in [0.29, 0.717) is 10.9 Å². The summed E-state index contributed by atoms with van der Waals surface area (Å²) in [6, 6.07) is 13.4. The van der Waals surface area contributed by atoms with Crippen molar-refractivity contribution in [2.45, 2.75) is 18.6 Å². The number of nitrogens with zero attached hydrogens (tertiary/aromatic N) is 3. The number of amidine groups is 1. The van der Waals surface area contributed by atoms with Crippen molar-refractivity contribution in [2.75, 3.05) is 11.9 Å². The highest BCUT2D eigenvalue weighted by molar-refractivity contribution is 8.15. The number of carbonyl (C=O) groups is 2. The van der Waals surface area contributed by atoms with Gasteiger partial charge >= 0.3 is 0 Å².